The van der Waals surface area contributed by atoms with Crippen LogP contribution in [0, 0.1) is 29.6 Å². The first kappa shape index (κ1) is 11.6. The summed E-state index contributed by atoms with van der Waals surface area (Å²) in [6.07, 6.45) is 3.10. The highest BCUT2D eigenvalue weighted by atomic mass is 32.2. The van der Waals surface area contributed by atoms with Crippen molar-refractivity contribution in [2.75, 3.05) is 11.5 Å². The normalized spacial score (nSPS) is 49.1. The van der Waals surface area contributed by atoms with E-state index in [-0.39, 0.29) is 29.8 Å². The number of thioether (sulfide) groups is 1. The van der Waals surface area contributed by atoms with Gasteiger partial charge in [0.2, 0.25) is 0 Å². The molecule has 17 heavy (non-hydrogen) atoms. The number of cyclic esters (lactones) is 1. The molecule has 1 saturated carbocycles. The van der Waals surface area contributed by atoms with E-state index in [0.29, 0.717) is 11.8 Å². The molecule has 2 saturated heterocycles. The predicted molar refractivity (Wildman–Crippen MR) is 65.6 cm³/mol. The lowest BCUT2D eigenvalue weighted by molar-refractivity contribution is -0.144. The SMILES string of the molecule is C[C@H]1OC(=O)[C@@H]2C[C@@H]3CSCC[C@H]3[C@H](C=O)[C@H]12. The summed E-state index contributed by atoms with van der Waals surface area (Å²) in [7, 11) is 0. The Morgan fingerprint density at radius 3 is 3.06 bits per heavy atom. The molecule has 94 valence electrons. The van der Waals surface area contributed by atoms with Gasteiger partial charge in [-0.1, -0.05) is 0 Å². The summed E-state index contributed by atoms with van der Waals surface area (Å²) in [4.78, 5) is 23.2. The van der Waals surface area contributed by atoms with Gasteiger partial charge in [-0.3, -0.25) is 4.79 Å². The molecule has 3 fully saturated rings. The molecule has 0 aromatic carbocycles. The fourth-order valence-electron chi connectivity index (χ4n) is 4.03. The van der Waals surface area contributed by atoms with E-state index in [1.165, 1.54) is 0 Å². The Balaban J connectivity index is 1.90. The average molecular weight is 254 g/mol. The molecule has 0 radical (unpaired) electrons. The van der Waals surface area contributed by atoms with Crippen LogP contribution in [0.5, 0.6) is 0 Å². The highest BCUT2D eigenvalue weighted by Gasteiger charge is 2.54. The minimum Gasteiger partial charge on any atom is -0.462 e. The molecule has 0 N–H and O–H groups in total. The van der Waals surface area contributed by atoms with E-state index in [9.17, 15) is 9.59 Å². The third-order valence-corrected chi connectivity index (χ3v) is 5.99. The number of carbonyl (C=O) groups excluding carboxylic acids is 2. The Morgan fingerprint density at radius 1 is 1.47 bits per heavy atom. The Labute approximate surface area is 106 Å². The van der Waals surface area contributed by atoms with Gasteiger partial charge in [0.25, 0.3) is 0 Å². The highest BCUT2D eigenvalue weighted by Crippen LogP contribution is 2.51. The van der Waals surface area contributed by atoms with Crippen LogP contribution >= 0.6 is 11.8 Å². The molecule has 0 bridgehead atoms. The summed E-state index contributed by atoms with van der Waals surface area (Å²) < 4.78 is 5.34. The first-order valence-corrected chi connectivity index (χ1v) is 7.61. The number of fused-ring (bicyclic) bond motifs is 2. The lowest BCUT2D eigenvalue weighted by Gasteiger charge is -2.44. The van der Waals surface area contributed by atoms with Crippen LogP contribution in [0.15, 0.2) is 0 Å². The van der Waals surface area contributed by atoms with Crippen molar-refractivity contribution in [3.8, 4) is 0 Å². The Morgan fingerprint density at radius 2 is 2.29 bits per heavy atom. The van der Waals surface area contributed by atoms with Crippen molar-refractivity contribution < 1.29 is 14.3 Å². The number of ether oxygens (including phenoxy) is 1. The van der Waals surface area contributed by atoms with E-state index < -0.39 is 0 Å². The summed E-state index contributed by atoms with van der Waals surface area (Å²) in [6, 6.07) is 0. The lowest BCUT2D eigenvalue weighted by Crippen LogP contribution is -2.45. The fourth-order valence-corrected chi connectivity index (χ4v) is 5.33. The molecule has 4 heteroatoms. The van der Waals surface area contributed by atoms with Crippen molar-refractivity contribution in [3.63, 3.8) is 0 Å². The monoisotopic (exact) mass is 254 g/mol. The zero-order chi connectivity index (χ0) is 12.0. The van der Waals surface area contributed by atoms with Gasteiger partial charge in [0.15, 0.2) is 0 Å². The topological polar surface area (TPSA) is 43.4 Å². The van der Waals surface area contributed by atoms with Crippen LogP contribution in [-0.2, 0) is 14.3 Å². The van der Waals surface area contributed by atoms with Crippen LogP contribution in [0.1, 0.15) is 19.8 Å². The van der Waals surface area contributed by atoms with Crippen LogP contribution in [0.4, 0.5) is 0 Å². The van der Waals surface area contributed by atoms with Gasteiger partial charge in [0.05, 0.1) is 5.92 Å². The molecule has 2 aliphatic heterocycles. The molecule has 3 nitrogen and oxygen atoms in total. The van der Waals surface area contributed by atoms with Crippen LogP contribution in [0.25, 0.3) is 0 Å². The molecular formula is C13H18O3S. The summed E-state index contributed by atoms with van der Waals surface area (Å²) in [5, 5.41) is 0. The van der Waals surface area contributed by atoms with Gasteiger partial charge < -0.3 is 9.53 Å². The van der Waals surface area contributed by atoms with Crippen LogP contribution in [0.3, 0.4) is 0 Å². The molecule has 2 heterocycles. The van der Waals surface area contributed by atoms with E-state index >= 15 is 0 Å². The summed E-state index contributed by atoms with van der Waals surface area (Å²) in [5.74, 6) is 3.41. The first-order valence-electron chi connectivity index (χ1n) is 6.46. The molecule has 6 atom stereocenters. The van der Waals surface area contributed by atoms with Gasteiger partial charge >= 0.3 is 5.97 Å². The Kier molecular flexibility index (Phi) is 2.93. The third-order valence-electron chi connectivity index (χ3n) is 4.80. The van der Waals surface area contributed by atoms with E-state index in [4.69, 9.17) is 4.74 Å². The number of carbonyl (C=O) groups is 2. The number of hydrogen-bond donors (Lipinski definition) is 0. The maximum absolute atomic E-state index is 11.8. The van der Waals surface area contributed by atoms with Crippen molar-refractivity contribution in [2.45, 2.75) is 25.9 Å². The molecule has 3 rings (SSSR count). The van der Waals surface area contributed by atoms with Crippen LogP contribution in [-0.4, -0.2) is 29.9 Å². The first-order chi connectivity index (χ1) is 8.22. The standard InChI is InChI=1S/C13H18O3S/c1-7-12-10(13(15)16-7)4-8-6-17-3-2-9(8)11(12)5-14/h5,7-12H,2-4,6H2,1H3/t7-,8-,9-,10-,11+,12-/m1/s1. The molecule has 0 amide bonds. The predicted octanol–water partition coefficient (Wildman–Crippen LogP) is 1.75. The van der Waals surface area contributed by atoms with E-state index in [1.807, 2.05) is 18.7 Å². The van der Waals surface area contributed by atoms with Crippen molar-refractivity contribution in [2.24, 2.45) is 29.6 Å². The minimum absolute atomic E-state index is 0.0138. The van der Waals surface area contributed by atoms with Gasteiger partial charge in [-0.25, -0.2) is 0 Å². The average Bonchev–Trinajstić information content (AvgIpc) is 2.62. The molecule has 0 unspecified atom stereocenters. The maximum atomic E-state index is 11.8. The smallest absolute Gasteiger partial charge is 0.309 e. The molecular weight excluding hydrogens is 236 g/mol. The maximum Gasteiger partial charge on any atom is 0.309 e. The van der Waals surface area contributed by atoms with Gasteiger partial charge in [-0.05, 0) is 43.1 Å². The lowest BCUT2D eigenvalue weighted by atomic mass is 9.61. The van der Waals surface area contributed by atoms with Crippen molar-refractivity contribution in [3.05, 3.63) is 0 Å². The minimum atomic E-state index is -0.0711. The molecule has 1 aliphatic carbocycles. The number of hydrogen-bond acceptors (Lipinski definition) is 4. The van der Waals surface area contributed by atoms with Crippen molar-refractivity contribution >= 4 is 24.0 Å². The van der Waals surface area contributed by atoms with E-state index in [2.05, 4.69) is 0 Å². The van der Waals surface area contributed by atoms with Crippen LogP contribution in [0.2, 0.25) is 0 Å². The summed E-state index contributed by atoms with van der Waals surface area (Å²) in [6.45, 7) is 1.94. The van der Waals surface area contributed by atoms with Gasteiger partial charge in [0.1, 0.15) is 12.4 Å². The summed E-state index contributed by atoms with van der Waals surface area (Å²) in [5.41, 5.74) is 0. The summed E-state index contributed by atoms with van der Waals surface area (Å²) >= 11 is 1.96. The van der Waals surface area contributed by atoms with Crippen molar-refractivity contribution in [1.82, 2.24) is 0 Å². The zero-order valence-electron chi connectivity index (χ0n) is 10.0. The van der Waals surface area contributed by atoms with Gasteiger partial charge in [0, 0.05) is 11.8 Å². The van der Waals surface area contributed by atoms with E-state index in [1.54, 1.807) is 0 Å². The Bertz CT molecular complexity index is 344. The molecule has 3 aliphatic rings. The fraction of sp³-hybridized carbons (Fsp3) is 0.846. The third kappa shape index (κ3) is 1.72. The molecule has 0 aromatic heterocycles. The molecule has 0 spiro atoms. The highest BCUT2D eigenvalue weighted by molar-refractivity contribution is 7.99. The quantitative estimate of drug-likeness (QED) is 0.528. The van der Waals surface area contributed by atoms with Gasteiger partial charge in [-0.2, -0.15) is 11.8 Å². The molecule has 0 aromatic rings. The zero-order valence-corrected chi connectivity index (χ0v) is 10.8. The van der Waals surface area contributed by atoms with Crippen LogP contribution < -0.4 is 0 Å². The second-order valence-electron chi connectivity index (χ2n) is 5.56. The number of aldehydes is 1. The Hall–Kier alpha value is -0.510. The van der Waals surface area contributed by atoms with E-state index in [0.717, 1.165) is 30.6 Å². The number of esters is 1. The number of rotatable bonds is 1. The largest absolute Gasteiger partial charge is 0.462 e. The van der Waals surface area contributed by atoms with Gasteiger partial charge in [-0.15, -0.1) is 0 Å². The second-order valence-corrected chi connectivity index (χ2v) is 6.71. The van der Waals surface area contributed by atoms with Crippen molar-refractivity contribution in [1.29, 1.82) is 0 Å². The second kappa shape index (κ2) is 4.30.